The number of carbonyl (C=O) groups is 1. The van der Waals surface area contributed by atoms with Gasteiger partial charge in [0.2, 0.25) is 0 Å². The van der Waals surface area contributed by atoms with Crippen LogP contribution in [-0.4, -0.2) is 54.9 Å². The molecular weight excluding hydrogens is 424 g/mol. The van der Waals surface area contributed by atoms with Crippen LogP contribution in [0.4, 0.5) is 0 Å². The van der Waals surface area contributed by atoms with Gasteiger partial charge in [0.25, 0.3) is 10.1 Å². The molecule has 0 amide bonds. The smallest absolute Gasteiger partial charge is 0.330 e. The molecule has 1 rings (SSSR count). The molecule has 0 radical (unpaired) electrons. The van der Waals surface area contributed by atoms with Crippen LogP contribution in [0.2, 0.25) is 18.1 Å². The SMILES string of the molecule is COC(=O)/C=C/[C@H](OS(C)(=O)=O)[C@H](COCc1ccccc1)O[Si](C)(C)C(C)(C)C. The van der Waals surface area contributed by atoms with Crippen LogP contribution in [0.25, 0.3) is 0 Å². The Hall–Kier alpha value is -1.52. The molecule has 0 bridgehead atoms. The fourth-order valence-corrected chi connectivity index (χ4v) is 4.18. The Balaban J connectivity index is 3.13. The first kappa shape index (κ1) is 26.5. The number of hydrogen-bond acceptors (Lipinski definition) is 7. The minimum Gasteiger partial charge on any atom is -0.466 e. The maximum atomic E-state index is 11.9. The summed E-state index contributed by atoms with van der Waals surface area (Å²) in [5, 5.41) is -0.119. The first-order valence-electron chi connectivity index (χ1n) is 9.69. The van der Waals surface area contributed by atoms with Crippen LogP contribution in [0.15, 0.2) is 42.5 Å². The standard InChI is InChI=1S/C21H34O7SSi/c1-21(2,3)30(6,7)28-19(16-26-15-17-11-9-8-10-12-17)18(27-29(5,23)24)13-14-20(22)25-4/h8-14,18-19H,15-16H2,1-7H3/b14-13+/t18-,19-/m0/s1. The van der Waals surface area contributed by atoms with Crippen molar-refractivity contribution in [2.24, 2.45) is 0 Å². The Morgan fingerprint density at radius 1 is 1.17 bits per heavy atom. The lowest BCUT2D eigenvalue weighted by atomic mass is 10.2. The molecule has 0 fully saturated rings. The maximum Gasteiger partial charge on any atom is 0.330 e. The Labute approximate surface area is 181 Å². The first-order valence-corrected chi connectivity index (χ1v) is 14.4. The average molecular weight is 459 g/mol. The highest BCUT2D eigenvalue weighted by Crippen LogP contribution is 2.38. The van der Waals surface area contributed by atoms with Crippen LogP contribution in [0, 0.1) is 0 Å². The van der Waals surface area contributed by atoms with Gasteiger partial charge >= 0.3 is 5.97 Å². The third-order valence-corrected chi connectivity index (χ3v) is 10.00. The van der Waals surface area contributed by atoms with Gasteiger partial charge in [-0.05, 0) is 29.8 Å². The number of ether oxygens (including phenoxy) is 2. The molecule has 1 aromatic rings. The zero-order valence-electron chi connectivity index (χ0n) is 18.9. The van der Waals surface area contributed by atoms with Crippen LogP contribution >= 0.6 is 0 Å². The largest absolute Gasteiger partial charge is 0.466 e. The van der Waals surface area contributed by atoms with E-state index in [1.165, 1.54) is 13.2 Å². The van der Waals surface area contributed by atoms with Gasteiger partial charge in [-0.2, -0.15) is 8.42 Å². The van der Waals surface area contributed by atoms with E-state index in [0.29, 0.717) is 6.61 Å². The van der Waals surface area contributed by atoms with E-state index < -0.39 is 36.6 Å². The van der Waals surface area contributed by atoms with Crippen molar-refractivity contribution in [3.8, 4) is 0 Å². The van der Waals surface area contributed by atoms with Crippen LogP contribution in [-0.2, 0) is 39.6 Å². The molecule has 0 saturated heterocycles. The summed E-state index contributed by atoms with van der Waals surface area (Å²) in [5.41, 5.74) is 0.981. The molecule has 0 spiro atoms. The van der Waals surface area contributed by atoms with E-state index in [1.807, 2.05) is 30.3 Å². The van der Waals surface area contributed by atoms with Crippen LogP contribution < -0.4 is 0 Å². The number of hydrogen-bond donors (Lipinski definition) is 0. The molecule has 0 heterocycles. The molecule has 30 heavy (non-hydrogen) atoms. The number of rotatable bonds is 11. The predicted octanol–water partition coefficient (Wildman–Crippen LogP) is 3.67. The Morgan fingerprint density at radius 3 is 2.27 bits per heavy atom. The molecule has 0 unspecified atom stereocenters. The molecule has 1 aromatic carbocycles. The number of benzene rings is 1. The van der Waals surface area contributed by atoms with E-state index in [4.69, 9.17) is 13.3 Å². The second-order valence-electron chi connectivity index (χ2n) is 8.56. The normalized spacial score (nSPS) is 15.2. The van der Waals surface area contributed by atoms with Gasteiger partial charge in [-0.1, -0.05) is 51.1 Å². The van der Waals surface area contributed by atoms with Crippen molar-refractivity contribution in [3.05, 3.63) is 48.0 Å². The lowest BCUT2D eigenvalue weighted by molar-refractivity contribution is -0.134. The Bertz CT molecular complexity index is 798. The fourth-order valence-electron chi connectivity index (χ4n) is 2.28. The summed E-state index contributed by atoms with van der Waals surface area (Å²) < 4.78 is 45.9. The van der Waals surface area contributed by atoms with Gasteiger partial charge in [0.05, 0.1) is 32.7 Å². The summed E-state index contributed by atoms with van der Waals surface area (Å²) in [6.07, 6.45) is 1.67. The summed E-state index contributed by atoms with van der Waals surface area (Å²) in [7, 11) is -4.88. The molecule has 0 aliphatic heterocycles. The van der Waals surface area contributed by atoms with E-state index in [9.17, 15) is 13.2 Å². The molecule has 0 aromatic heterocycles. The van der Waals surface area contributed by atoms with Crippen molar-refractivity contribution < 1.29 is 31.3 Å². The molecule has 0 saturated carbocycles. The fraction of sp³-hybridized carbons (Fsp3) is 0.571. The molecular formula is C21H34O7SSi. The quantitative estimate of drug-likeness (QED) is 0.216. The Kier molecular flexibility index (Phi) is 9.89. The second kappa shape index (κ2) is 11.2. The first-order chi connectivity index (χ1) is 13.7. The minimum absolute atomic E-state index is 0.0904. The minimum atomic E-state index is -3.81. The molecule has 0 aliphatic carbocycles. The summed E-state index contributed by atoms with van der Waals surface area (Å²) in [6, 6.07) is 9.62. The van der Waals surface area contributed by atoms with E-state index in [0.717, 1.165) is 17.9 Å². The molecule has 7 nitrogen and oxygen atoms in total. The van der Waals surface area contributed by atoms with E-state index >= 15 is 0 Å². The molecule has 2 atom stereocenters. The van der Waals surface area contributed by atoms with Crippen LogP contribution in [0.1, 0.15) is 26.3 Å². The average Bonchev–Trinajstić information content (AvgIpc) is 2.63. The summed E-state index contributed by atoms with van der Waals surface area (Å²) in [5.74, 6) is -0.617. The van der Waals surface area contributed by atoms with Gasteiger partial charge in [-0.15, -0.1) is 0 Å². The van der Waals surface area contributed by atoms with Crippen LogP contribution in [0.3, 0.4) is 0 Å². The summed E-state index contributed by atoms with van der Waals surface area (Å²) in [4.78, 5) is 11.6. The lowest BCUT2D eigenvalue weighted by Gasteiger charge is -2.40. The van der Waals surface area contributed by atoms with Gasteiger partial charge in [-0.25, -0.2) is 4.79 Å². The van der Waals surface area contributed by atoms with Crippen molar-refractivity contribution in [1.29, 1.82) is 0 Å². The Morgan fingerprint density at radius 2 is 1.77 bits per heavy atom. The highest BCUT2D eigenvalue weighted by molar-refractivity contribution is 7.86. The van der Waals surface area contributed by atoms with Gasteiger partial charge in [0.1, 0.15) is 6.10 Å². The van der Waals surface area contributed by atoms with Gasteiger partial charge in [0.15, 0.2) is 8.32 Å². The van der Waals surface area contributed by atoms with E-state index in [1.54, 1.807) is 0 Å². The zero-order valence-corrected chi connectivity index (χ0v) is 20.7. The highest BCUT2D eigenvalue weighted by Gasteiger charge is 2.41. The van der Waals surface area contributed by atoms with E-state index in [2.05, 4.69) is 38.6 Å². The van der Waals surface area contributed by atoms with Crippen molar-refractivity contribution in [2.75, 3.05) is 20.0 Å². The van der Waals surface area contributed by atoms with Crippen molar-refractivity contribution >= 4 is 24.4 Å². The number of carbonyl (C=O) groups excluding carboxylic acids is 1. The highest BCUT2D eigenvalue weighted by atomic mass is 32.2. The lowest BCUT2D eigenvalue weighted by Crippen LogP contribution is -2.49. The number of methoxy groups -OCH3 is 1. The molecule has 170 valence electrons. The van der Waals surface area contributed by atoms with Crippen molar-refractivity contribution in [1.82, 2.24) is 0 Å². The van der Waals surface area contributed by atoms with E-state index in [-0.39, 0.29) is 11.6 Å². The predicted molar refractivity (Wildman–Crippen MR) is 119 cm³/mol. The molecule has 0 aliphatic rings. The number of esters is 1. The second-order valence-corrected chi connectivity index (χ2v) is 14.9. The maximum absolute atomic E-state index is 11.9. The third kappa shape index (κ3) is 9.52. The zero-order chi connectivity index (χ0) is 23.0. The van der Waals surface area contributed by atoms with Crippen molar-refractivity contribution in [3.63, 3.8) is 0 Å². The summed E-state index contributed by atoms with van der Waals surface area (Å²) >= 11 is 0. The van der Waals surface area contributed by atoms with Gasteiger partial charge < -0.3 is 13.9 Å². The topological polar surface area (TPSA) is 88.1 Å². The van der Waals surface area contributed by atoms with Crippen LogP contribution in [0.5, 0.6) is 0 Å². The van der Waals surface area contributed by atoms with Crippen molar-refractivity contribution in [2.45, 2.75) is 57.7 Å². The van der Waals surface area contributed by atoms with Gasteiger partial charge in [0, 0.05) is 6.08 Å². The summed E-state index contributed by atoms with van der Waals surface area (Å²) in [6.45, 7) is 10.8. The third-order valence-electron chi connectivity index (χ3n) is 4.92. The molecule has 0 N–H and O–H groups in total. The molecule has 9 heteroatoms. The van der Waals surface area contributed by atoms with Gasteiger partial charge in [-0.3, -0.25) is 4.18 Å². The monoisotopic (exact) mass is 458 g/mol.